The Morgan fingerprint density at radius 2 is 1.89 bits per heavy atom. The van der Waals surface area contributed by atoms with Gasteiger partial charge in [-0.25, -0.2) is 14.1 Å². The molecule has 2 aromatic heterocycles. The molecule has 0 atom stereocenters. The van der Waals surface area contributed by atoms with E-state index in [0.29, 0.717) is 40.1 Å². The van der Waals surface area contributed by atoms with Gasteiger partial charge in [-0.2, -0.15) is 4.98 Å². The number of anilines is 2. The number of para-hydroxylation sites is 1. The van der Waals surface area contributed by atoms with Crippen molar-refractivity contribution in [2.75, 3.05) is 11.1 Å². The second-order valence-corrected chi connectivity index (χ2v) is 7.18. The average molecular weight is 395 g/mol. The lowest BCUT2D eigenvalue weighted by molar-refractivity contribution is 0.628. The Balaban J connectivity index is 1.75. The molecule has 0 bridgehead atoms. The minimum absolute atomic E-state index is 0.0231. The van der Waals surface area contributed by atoms with Gasteiger partial charge in [-0.1, -0.05) is 29.8 Å². The van der Waals surface area contributed by atoms with E-state index in [0.717, 1.165) is 18.5 Å². The highest BCUT2D eigenvalue weighted by Crippen LogP contribution is 2.35. The number of halogens is 2. The monoisotopic (exact) mass is 394 g/mol. The van der Waals surface area contributed by atoms with E-state index in [1.165, 1.54) is 6.07 Å². The molecule has 0 radical (unpaired) electrons. The van der Waals surface area contributed by atoms with Crippen LogP contribution in [0.1, 0.15) is 12.8 Å². The van der Waals surface area contributed by atoms with Crippen LogP contribution in [0.15, 0.2) is 48.5 Å². The molecule has 2 heterocycles. The number of nitrogen functional groups attached to an aromatic ring is 1. The molecule has 4 aromatic rings. The first-order valence-corrected chi connectivity index (χ1v) is 9.31. The van der Waals surface area contributed by atoms with Crippen LogP contribution in [0.2, 0.25) is 5.02 Å². The Hall–Kier alpha value is -3.19. The Morgan fingerprint density at radius 3 is 2.61 bits per heavy atom. The Morgan fingerprint density at radius 1 is 1.11 bits per heavy atom. The summed E-state index contributed by atoms with van der Waals surface area (Å²) >= 11 is 6.00. The molecule has 1 aliphatic carbocycles. The van der Waals surface area contributed by atoms with E-state index in [2.05, 4.69) is 20.4 Å². The summed E-state index contributed by atoms with van der Waals surface area (Å²) in [6, 6.07) is 14.4. The molecule has 5 rings (SSSR count). The summed E-state index contributed by atoms with van der Waals surface area (Å²) in [5.74, 6) is 0.401. The average Bonchev–Trinajstić information content (AvgIpc) is 3.45. The minimum atomic E-state index is -0.486. The van der Waals surface area contributed by atoms with Gasteiger partial charge >= 0.3 is 0 Å². The van der Waals surface area contributed by atoms with Gasteiger partial charge in [-0.05, 0) is 43.2 Å². The van der Waals surface area contributed by atoms with E-state index in [1.54, 1.807) is 16.8 Å². The van der Waals surface area contributed by atoms with Crippen LogP contribution in [0.4, 0.5) is 16.2 Å². The van der Waals surface area contributed by atoms with Gasteiger partial charge in [0.1, 0.15) is 11.6 Å². The van der Waals surface area contributed by atoms with Gasteiger partial charge < -0.3 is 11.1 Å². The summed E-state index contributed by atoms with van der Waals surface area (Å²) in [6.45, 7) is 0. The molecule has 0 amide bonds. The lowest BCUT2D eigenvalue weighted by atomic mass is 10.1. The number of nitrogens with zero attached hydrogens (tertiary/aromatic N) is 4. The molecule has 6 nitrogen and oxygen atoms in total. The maximum Gasteiger partial charge on any atom is 0.225 e. The first-order chi connectivity index (χ1) is 13.6. The van der Waals surface area contributed by atoms with Crippen LogP contribution < -0.4 is 11.1 Å². The quantitative estimate of drug-likeness (QED) is 0.535. The van der Waals surface area contributed by atoms with Crippen LogP contribution in [0.5, 0.6) is 0 Å². The smallest absolute Gasteiger partial charge is 0.225 e. The second kappa shape index (κ2) is 6.45. The van der Waals surface area contributed by atoms with Crippen LogP contribution in [0.3, 0.4) is 0 Å². The zero-order chi connectivity index (χ0) is 19.3. The van der Waals surface area contributed by atoms with Gasteiger partial charge in [-0.15, -0.1) is 5.10 Å². The summed E-state index contributed by atoms with van der Waals surface area (Å²) in [7, 11) is 0. The maximum atomic E-state index is 13.7. The molecule has 140 valence electrons. The molecule has 0 unspecified atom stereocenters. The molecular formula is C20H16ClFN6. The summed E-state index contributed by atoms with van der Waals surface area (Å²) < 4.78 is 15.3. The fourth-order valence-electron chi connectivity index (χ4n) is 3.10. The number of hydrogen-bond acceptors (Lipinski definition) is 5. The third kappa shape index (κ3) is 2.93. The molecule has 1 fully saturated rings. The van der Waals surface area contributed by atoms with Crippen molar-refractivity contribution in [3.8, 4) is 16.9 Å². The van der Waals surface area contributed by atoms with E-state index in [4.69, 9.17) is 17.3 Å². The molecule has 0 spiro atoms. The van der Waals surface area contributed by atoms with E-state index < -0.39 is 5.82 Å². The highest BCUT2D eigenvalue weighted by molar-refractivity contribution is 6.31. The number of aromatic nitrogens is 4. The molecule has 3 N–H and O–H groups in total. The van der Waals surface area contributed by atoms with Crippen molar-refractivity contribution >= 4 is 34.4 Å². The topological polar surface area (TPSA) is 81.7 Å². The van der Waals surface area contributed by atoms with Crippen molar-refractivity contribution in [1.82, 2.24) is 19.7 Å². The number of fused-ring (bicyclic) bond motifs is 1. The predicted molar refractivity (Wildman–Crippen MR) is 108 cm³/mol. The normalized spacial score (nSPS) is 13.8. The summed E-state index contributed by atoms with van der Waals surface area (Å²) in [4.78, 5) is 9.20. The number of nitrogens with two attached hydrogens (primary N) is 1. The van der Waals surface area contributed by atoms with Crippen LogP contribution in [0, 0.1) is 5.82 Å². The summed E-state index contributed by atoms with van der Waals surface area (Å²) in [5, 5.41) is 8.51. The molecule has 2 aromatic carbocycles. The first kappa shape index (κ1) is 16.9. The highest BCUT2D eigenvalue weighted by atomic mass is 35.5. The van der Waals surface area contributed by atoms with E-state index in [1.807, 2.05) is 30.3 Å². The van der Waals surface area contributed by atoms with E-state index >= 15 is 0 Å². The minimum Gasteiger partial charge on any atom is -0.383 e. The Kier molecular flexibility index (Phi) is 3.91. The predicted octanol–water partition coefficient (Wildman–Crippen LogP) is 4.43. The van der Waals surface area contributed by atoms with Crippen LogP contribution in [-0.4, -0.2) is 25.8 Å². The number of rotatable bonds is 4. The molecule has 0 saturated heterocycles. The van der Waals surface area contributed by atoms with Crippen molar-refractivity contribution < 1.29 is 4.39 Å². The van der Waals surface area contributed by atoms with E-state index in [9.17, 15) is 4.39 Å². The van der Waals surface area contributed by atoms with Gasteiger partial charge in [0, 0.05) is 11.6 Å². The largest absolute Gasteiger partial charge is 0.383 e. The summed E-state index contributed by atoms with van der Waals surface area (Å²) in [6.07, 6.45) is 2.17. The molecule has 0 aliphatic heterocycles. The number of nitrogens with one attached hydrogen (secondary N) is 1. The number of benzene rings is 2. The van der Waals surface area contributed by atoms with Crippen molar-refractivity contribution in [3.63, 3.8) is 0 Å². The Bertz CT molecular complexity index is 1190. The second-order valence-electron chi connectivity index (χ2n) is 6.77. The highest BCUT2D eigenvalue weighted by Gasteiger charge is 2.24. The zero-order valence-corrected chi connectivity index (χ0v) is 15.5. The van der Waals surface area contributed by atoms with E-state index in [-0.39, 0.29) is 5.02 Å². The van der Waals surface area contributed by atoms with Crippen molar-refractivity contribution in [1.29, 1.82) is 0 Å². The fraction of sp³-hybridized carbons (Fsp3) is 0.150. The van der Waals surface area contributed by atoms with Crippen LogP contribution in [-0.2, 0) is 0 Å². The Labute approximate surface area is 165 Å². The third-order valence-electron chi connectivity index (χ3n) is 4.67. The maximum absolute atomic E-state index is 13.7. The van der Waals surface area contributed by atoms with Gasteiger partial charge in [-0.3, -0.25) is 0 Å². The molecule has 1 aliphatic rings. The van der Waals surface area contributed by atoms with Crippen molar-refractivity contribution in [2.45, 2.75) is 18.9 Å². The van der Waals surface area contributed by atoms with Crippen LogP contribution >= 0.6 is 11.6 Å². The molecule has 28 heavy (non-hydrogen) atoms. The zero-order valence-electron chi connectivity index (χ0n) is 14.7. The lowest BCUT2D eigenvalue weighted by Crippen LogP contribution is -2.06. The van der Waals surface area contributed by atoms with Crippen molar-refractivity contribution in [2.24, 2.45) is 0 Å². The number of hydrogen-bond donors (Lipinski definition) is 2. The summed E-state index contributed by atoms with van der Waals surface area (Å²) in [5.41, 5.74) is 8.93. The molecule has 8 heteroatoms. The first-order valence-electron chi connectivity index (χ1n) is 8.94. The van der Waals surface area contributed by atoms with Gasteiger partial charge in [0.15, 0.2) is 5.65 Å². The standard InChI is InChI=1S/C20H16ClFN6/c21-14-10-11(6-9-15(14)22)17-16-18(23)28(13-4-2-1-3-5-13)27-19(16)26-20(25-17)24-12-7-8-12/h1-6,9-10,12H,7-8,23H2,(H,24,26,27). The van der Waals surface area contributed by atoms with Gasteiger partial charge in [0.25, 0.3) is 0 Å². The van der Waals surface area contributed by atoms with Crippen LogP contribution in [0.25, 0.3) is 28.0 Å². The van der Waals surface area contributed by atoms with Gasteiger partial charge in [0.2, 0.25) is 5.95 Å². The third-order valence-corrected chi connectivity index (χ3v) is 4.96. The SMILES string of the molecule is Nc1c2c(-c3ccc(F)c(Cl)c3)nc(NC3CC3)nc2nn1-c1ccccc1. The van der Waals surface area contributed by atoms with Crippen molar-refractivity contribution in [3.05, 3.63) is 59.4 Å². The molecular weight excluding hydrogens is 379 g/mol. The molecule has 1 saturated carbocycles. The van der Waals surface area contributed by atoms with Gasteiger partial charge in [0.05, 0.1) is 21.8 Å². The lowest BCUT2D eigenvalue weighted by Gasteiger charge is -2.08. The fourth-order valence-corrected chi connectivity index (χ4v) is 3.29.